The van der Waals surface area contributed by atoms with Crippen molar-refractivity contribution in [3.05, 3.63) is 74.5 Å². The van der Waals surface area contributed by atoms with Gasteiger partial charge in [0.15, 0.2) is 0 Å². The van der Waals surface area contributed by atoms with Gasteiger partial charge in [-0.15, -0.1) is 0 Å². The number of imide groups is 1. The Morgan fingerprint density at radius 3 is 2.32 bits per heavy atom. The minimum Gasteiger partial charge on any atom is -0.465 e. The number of nitrogens with zero attached hydrogens (tertiary/aromatic N) is 3. The van der Waals surface area contributed by atoms with Crippen molar-refractivity contribution < 1.29 is 23.5 Å². The summed E-state index contributed by atoms with van der Waals surface area (Å²) in [5.41, 5.74) is 2.04. The highest BCUT2D eigenvalue weighted by Crippen LogP contribution is 2.54. The van der Waals surface area contributed by atoms with Crippen LogP contribution in [-0.2, 0) is 25.7 Å². The molecule has 0 spiro atoms. The van der Waals surface area contributed by atoms with E-state index in [1.54, 1.807) is 6.92 Å². The molecule has 5 rings (SSSR count). The Labute approximate surface area is 220 Å². The van der Waals surface area contributed by atoms with E-state index in [0.29, 0.717) is 15.6 Å². The van der Waals surface area contributed by atoms with Gasteiger partial charge in [0.2, 0.25) is 11.8 Å². The first kappa shape index (κ1) is 25.2. The maximum atomic E-state index is 13.8. The molecular weight excluding hydrogens is 517 g/mol. The normalized spacial score (nSPS) is 20.5. The van der Waals surface area contributed by atoms with Crippen LogP contribution in [0.1, 0.15) is 23.3 Å². The zero-order valence-electron chi connectivity index (χ0n) is 20.3. The van der Waals surface area contributed by atoms with E-state index in [9.17, 15) is 23.6 Å². The Bertz CT molecular complexity index is 1430. The topological polar surface area (TPSA) is 88.9 Å². The summed E-state index contributed by atoms with van der Waals surface area (Å²) in [6.07, 6.45) is 0. The number of fused-ring (bicyclic) bond motifs is 2. The highest BCUT2D eigenvalue weighted by molar-refractivity contribution is 8.00. The number of carbonyl (C=O) groups is 3. The summed E-state index contributed by atoms with van der Waals surface area (Å²) in [5, 5.41) is -0.320. The zero-order chi connectivity index (χ0) is 26.4. The molecule has 11 heteroatoms. The minimum atomic E-state index is -0.814. The Hall–Kier alpha value is -3.44. The minimum absolute atomic E-state index is 0.179. The third-order valence-corrected chi connectivity index (χ3v) is 9.10. The Morgan fingerprint density at radius 1 is 1.03 bits per heavy atom. The summed E-state index contributed by atoms with van der Waals surface area (Å²) in [4.78, 5) is 56.0. The van der Waals surface area contributed by atoms with Gasteiger partial charge in [-0.25, -0.2) is 9.29 Å². The van der Waals surface area contributed by atoms with Gasteiger partial charge in [0.1, 0.15) is 17.6 Å². The molecule has 8 nitrogen and oxygen atoms in total. The number of thioether (sulfide) groups is 1. The van der Waals surface area contributed by atoms with Crippen molar-refractivity contribution in [2.75, 3.05) is 30.5 Å². The number of carbonyl (C=O) groups excluding carboxylic acids is 3. The fourth-order valence-electron chi connectivity index (χ4n) is 4.77. The highest BCUT2D eigenvalue weighted by Gasteiger charge is 2.56. The Morgan fingerprint density at radius 2 is 1.70 bits per heavy atom. The quantitative estimate of drug-likeness (QED) is 0.349. The predicted octanol–water partition coefficient (Wildman–Crippen LogP) is 3.47. The third-order valence-electron chi connectivity index (χ3n) is 6.50. The standard InChI is InChI=1S/C26H24FN3O5S2/c1-4-35-18(31)13-29-25-22(37-26(29)34)19(14-5-9-16(10-6-14)28(2)3)20-21(36-25)24(33)30(23(20)32)17-11-7-15(27)8-12-17/h5-12,19-21H,4,13H2,1-3H3/t19-,20?,21?/m1/s1. The van der Waals surface area contributed by atoms with Crippen LogP contribution < -0.4 is 14.7 Å². The van der Waals surface area contributed by atoms with E-state index in [4.69, 9.17) is 4.74 Å². The summed E-state index contributed by atoms with van der Waals surface area (Å²) in [6.45, 7) is 1.58. The van der Waals surface area contributed by atoms with E-state index < -0.39 is 40.7 Å². The predicted molar refractivity (Wildman–Crippen MR) is 140 cm³/mol. The Kier molecular flexibility index (Phi) is 6.67. The van der Waals surface area contributed by atoms with Crippen LogP contribution in [0.3, 0.4) is 0 Å². The lowest BCUT2D eigenvalue weighted by molar-refractivity contribution is -0.144. The largest absolute Gasteiger partial charge is 0.465 e. The number of aromatic nitrogens is 1. The fraction of sp³-hybridized carbons (Fsp3) is 0.308. The van der Waals surface area contributed by atoms with Crippen LogP contribution in [0.25, 0.3) is 0 Å². The van der Waals surface area contributed by atoms with Crippen molar-refractivity contribution in [3.63, 3.8) is 0 Å². The number of halogens is 1. The van der Waals surface area contributed by atoms with Gasteiger partial charge in [-0.05, 0) is 48.9 Å². The van der Waals surface area contributed by atoms with Crippen molar-refractivity contribution in [1.29, 1.82) is 0 Å². The number of amides is 2. The molecular formula is C26H24FN3O5S2. The second kappa shape index (κ2) is 9.79. The van der Waals surface area contributed by atoms with Crippen molar-refractivity contribution in [1.82, 2.24) is 4.57 Å². The van der Waals surface area contributed by atoms with Gasteiger partial charge in [0, 0.05) is 30.6 Å². The van der Waals surface area contributed by atoms with E-state index in [2.05, 4.69) is 0 Å². The van der Waals surface area contributed by atoms with E-state index in [-0.39, 0.29) is 18.0 Å². The number of hydrogen-bond donors (Lipinski definition) is 0. The van der Waals surface area contributed by atoms with Gasteiger partial charge >= 0.3 is 10.8 Å². The molecule has 192 valence electrons. The van der Waals surface area contributed by atoms with Crippen molar-refractivity contribution in [2.24, 2.45) is 5.92 Å². The number of anilines is 2. The summed E-state index contributed by atoms with van der Waals surface area (Å²) in [5.74, 6) is -3.21. The number of esters is 1. The number of rotatable bonds is 6. The third kappa shape index (κ3) is 4.36. The SMILES string of the molecule is CCOC(=O)Cn1c2c(sc1=O)[C@H](c1ccc(N(C)C)cc1)C1C(=O)N(c3ccc(F)cc3)C(=O)C1S2. The van der Waals surface area contributed by atoms with Crippen molar-refractivity contribution in [3.8, 4) is 0 Å². The molecule has 0 saturated carbocycles. The van der Waals surface area contributed by atoms with Gasteiger partial charge in [0.25, 0.3) is 0 Å². The zero-order valence-corrected chi connectivity index (χ0v) is 22.0. The molecule has 1 fully saturated rings. The lowest BCUT2D eigenvalue weighted by Gasteiger charge is -2.31. The molecule has 0 N–H and O–H groups in total. The molecule has 2 amide bonds. The number of thiazole rings is 1. The molecule has 0 radical (unpaired) electrons. The van der Waals surface area contributed by atoms with E-state index in [1.807, 2.05) is 43.3 Å². The smallest absolute Gasteiger partial charge is 0.326 e. The van der Waals surface area contributed by atoms with Crippen molar-refractivity contribution >= 4 is 52.3 Å². The summed E-state index contributed by atoms with van der Waals surface area (Å²) in [6, 6.07) is 12.9. The first-order chi connectivity index (χ1) is 17.7. The Balaban J connectivity index is 1.63. The van der Waals surface area contributed by atoms with E-state index >= 15 is 0 Å². The summed E-state index contributed by atoms with van der Waals surface area (Å²) >= 11 is 2.10. The average Bonchev–Trinajstić information content (AvgIpc) is 3.31. The van der Waals surface area contributed by atoms with Gasteiger partial charge in [-0.2, -0.15) is 0 Å². The maximum Gasteiger partial charge on any atom is 0.326 e. The highest BCUT2D eigenvalue weighted by atomic mass is 32.2. The molecule has 2 unspecified atom stereocenters. The summed E-state index contributed by atoms with van der Waals surface area (Å²) < 4.78 is 19.9. The molecule has 0 aliphatic carbocycles. The van der Waals surface area contributed by atoms with Gasteiger partial charge in [-0.3, -0.25) is 23.7 Å². The van der Waals surface area contributed by atoms with Crippen LogP contribution in [0, 0.1) is 11.7 Å². The molecule has 1 aromatic heterocycles. The van der Waals surface area contributed by atoms with Gasteiger partial charge in [-0.1, -0.05) is 35.2 Å². The maximum absolute atomic E-state index is 13.8. The second-order valence-corrected chi connectivity index (χ2v) is 11.1. The summed E-state index contributed by atoms with van der Waals surface area (Å²) in [7, 11) is 3.84. The molecule has 3 atom stereocenters. The van der Waals surface area contributed by atoms with Crippen LogP contribution >= 0.6 is 23.1 Å². The average molecular weight is 542 g/mol. The second-order valence-electron chi connectivity index (χ2n) is 8.94. The number of hydrogen-bond acceptors (Lipinski definition) is 8. The molecule has 3 heterocycles. The lowest BCUT2D eigenvalue weighted by atomic mass is 9.83. The van der Waals surface area contributed by atoms with Crippen LogP contribution in [0.4, 0.5) is 15.8 Å². The number of benzene rings is 2. The van der Waals surface area contributed by atoms with E-state index in [1.165, 1.54) is 28.8 Å². The van der Waals surface area contributed by atoms with Gasteiger partial charge in [0.05, 0.1) is 23.2 Å². The van der Waals surface area contributed by atoms with Crippen LogP contribution in [0.5, 0.6) is 0 Å². The molecule has 2 aliphatic rings. The van der Waals surface area contributed by atoms with Crippen molar-refractivity contribution in [2.45, 2.75) is 29.7 Å². The van der Waals surface area contributed by atoms with Gasteiger partial charge < -0.3 is 9.64 Å². The molecule has 37 heavy (non-hydrogen) atoms. The molecule has 3 aromatic rings. The first-order valence-corrected chi connectivity index (χ1v) is 13.4. The molecule has 2 aliphatic heterocycles. The van der Waals surface area contributed by atoms with Crippen LogP contribution in [0.2, 0.25) is 0 Å². The first-order valence-electron chi connectivity index (χ1n) is 11.7. The van der Waals surface area contributed by atoms with Crippen LogP contribution in [0.15, 0.2) is 58.4 Å². The number of ether oxygens (including phenoxy) is 1. The molecule has 1 saturated heterocycles. The molecule has 2 aromatic carbocycles. The lowest BCUT2D eigenvalue weighted by Crippen LogP contribution is -2.32. The fourth-order valence-corrected chi connectivity index (χ4v) is 7.55. The van der Waals surface area contributed by atoms with E-state index in [0.717, 1.165) is 39.2 Å². The molecule has 0 bridgehead atoms. The monoisotopic (exact) mass is 541 g/mol. The van der Waals surface area contributed by atoms with Crippen LogP contribution in [-0.4, -0.2) is 48.3 Å².